The number of fused-ring (bicyclic) bond motifs is 1. The summed E-state index contributed by atoms with van der Waals surface area (Å²) in [6.07, 6.45) is 6.57. The molecule has 0 spiro atoms. The number of nitrogens with zero attached hydrogens (tertiary/aromatic N) is 1. The normalized spacial score (nSPS) is 16.8. The summed E-state index contributed by atoms with van der Waals surface area (Å²) in [7, 11) is 1.39. The van der Waals surface area contributed by atoms with Crippen molar-refractivity contribution in [3.05, 3.63) is 53.3 Å². The molecule has 3 rings (SSSR count). The minimum Gasteiger partial charge on any atom is -0.493 e. The second-order valence-corrected chi connectivity index (χ2v) is 7.11. The van der Waals surface area contributed by atoms with Crippen LogP contribution in [0.25, 0.3) is 0 Å². The van der Waals surface area contributed by atoms with Crippen LogP contribution in [0.2, 0.25) is 0 Å². The van der Waals surface area contributed by atoms with Gasteiger partial charge in [-0.05, 0) is 42.0 Å². The van der Waals surface area contributed by atoms with Crippen molar-refractivity contribution in [1.29, 1.82) is 0 Å². The molecule has 2 unspecified atom stereocenters. The van der Waals surface area contributed by atoms with Crippen molar-refractivity contribution in [3.63, 3.8) is 0 Å². The Hall–Kier alpha value is -2.56. The molecule has 0 bridgehead atoms. The number of aromatic nitrogens is 1. The van der Waals surface area contributed by atoms with Gasteiger partial charge in [0.25, 0.3) is 0 Å². The summed E-state index contributed by atoms with van der Waals surface area (Å²) < 4.78 is 10.8. The van der Waals surface area contributed by atoms with Crippen molar-refractivity contribution in [2.45, 2.75) is 44.9 Å². The third-order valence-corrected chi connectivity index (χ3v) is 5.26. The molecule has 1 aromatic carbocycles. The van der Waals surface area contributed by atoms with E-state index in [0.29, 0.717) is 29.7 Å². The monoisotopic (exact) mass is 368 g/mol. The molecule has 1 aliphatic heterocycles. The van der Waals surface area contributed by atoms with Gasteiger partial charge in [0.05, 0.1) is 31.2 Å². The van der Waals surface area contributed by atoms with Gasteiger partial charge in [-0.1, -0.05) is 32.4 Å². The fourth-order valence-electron chi connectivity index (χ4n) is 3.65. The number of pyridine rings is 1. The Balaban J connectivity index is 1.75. The summed E-state index contributed by atoms with van der Waals surface area (Å²) in [6, 6.07) is 8.30. The number of benzene rings is 1. The zero-order valence-electron chi connectivity index (χ0n) is 16.3. The van der Waals surface area contributed by atoms with Crippen molar-refractivity contribution < 1.29 is 14.3 Å². The average Bonchev–Trinajstić information content (AvgIpc) is 2.71. The lowest BCUT2D eigenvalue weighted by Gasteiger charge is -2.28. The van der Waals surface area contributed by atoms with Gasteiger partial charge in [-0.3, -0.25) is 4.98 Å². The number of carbonyl (C=O) groups is 1. The minimum atomic E-state index is -0.359. The third kappa shape index (κ3) is 4.41. The molecule has 144 valence electrons. The summed E-state index contributed by atoms with van der Waals surface area (Å²) in [4.78, 5) is 16.1. The Bertz CT molecular complexity index is 791. The quantitative estimate of drug-likeness (QED) is 0.715. The molecule has 0 radical (unpaired) electrons. The van der Waals surface area contributed by atoms with Crippen LogP contribution < -0.4 is 10.1 Å². The number of methoxy groups -OCH3 is 1. The van der Waals surface area contributed by atoms with E-state index < -0.39 is 0 Å². The minimum absolute atomic E-state index is 0.329. The highest BCUT2D eigenvalue weighted by Gasteiger charge is 2.23. The Morgan fingerprint density at radius 2 is 2.26 bits per heavy atom. The fourth-order valence-corrected chi connectivity index (χ4v) is 3.65. The van der Waals surface area contributed by atoms with Gasteiger partial charge in [0.2, 0.25) is 0 Å². The Labute approximate surface area is 161 Å². The molecule has 2 heterocycles. The number of rotatable bonds is 7. The van der Waals surface area contributed by atoms with Crippen LogP contribution in [0, 0.1) is 0 Å². The van der Waals surface area contributed by atoms with E-state index in [1.165, 1.54) is 31.1 Å². The second kappa shape index (κ2) is 8.89. The lowest BCUT2D eigenvalue weighted by Crippen LogP contribution is -2.22. The summed E-state index contributed by atoms with van der Waals surface area (Å²) in [5, 5.41) is 3.38. The molecule has 2 aromatic rings. The first-order chi connectivity index (χ1) is 13.1. The first-order valence-electron chi connectivity index (χ1n) is 9.66. The van der Waals surface area contributed by atoms with Crippen molar-refractivity contribution in [1.82, 2.24) is 4.98 Å². The molecule has 1 N–H and O–H groups in total. The average molecular weight is 368 g/mol. The van der Waals surface area contributed by atoms with Gasteiger partial charge >= 0.3 is 5.97 Å². The molecule has 5 heteroatoms. The first-order valence-corrected chi connectivity index (χ1v) is 9.66. The number of ether oxygens (including phenoxy) is 2. The van der Waals surface area contributed by atoms with E-state index in [0.717, 1.165) is 18.7 Å². The molecule has 0 saturated heterocycles. The molecule has 0 saturated carbocycles. The Kier molecular flexibility index (Phi) is 6.32. The Morgan fingerprint density at radius 1 is 1.41 bits per heavy atom. The molecule has 27 heavy (non-hydrogen) atoms. The molecule has 5 nitrogen and oxygen atoms in total. The van der Waals surface area contributed by atoms with Crippen molar-refractivity contribution in [2.75, 3.05) is 25.6 Å². The highest BCUT2D eigenvalue weighted by atomic mass is 16.5. The predicted octanol–water partition coefficient (Wildman–Crippen LogP) is 4.75. The summed E-state index contributed by atoms with van der Waals surface area (Å²) >= 11 is 0. The largest absolute Gasteiger partial charge is 0.493 e. The molecule has 0 amide bonds. The predicted molar refractivity (Wildman–Crippen MR) is 107 cm³/mol. The molecule has 2 atom stereocenters. The van der Waals surface area contributed by atoms with Gasteiger partial charge in [0.1, 0.15) is 5.75 Å². The standard InChI is InChI=1S/C22H28N2O3/c1-4-5-15(2)16-6-7-18-17(9-11-27-21(18)12-16)13-24-20-14-23-10-8-19(20)22(25)26-3/h6-8,10,12,14-15,17,24H,4-5,9,11,13H2,1-3H3. The van der Waals surface area contributed by atoms with Crippen LogP contribution in [0.5, 0.6) is 5.75 Å². The van der Waals surface area contributed by atoms with Crippen LogP contribution in [0.4, 0.5) is 5.69 Å². The number of nitrogens with one attached hydrogen (secondary N) is 1. The van der Waals surface area contributed by atoms with Crippen LogP contribution in [-0.4, -0.2) is 31.2 Å². The van der Waals surface area contributed by atoms with Gasteiger partial charge in [0, 0.05) is 18.7 Å². The van der Waals surface area contributed by atoms with E-state index in [2.05, 4.69) is 42.3 Å². The van der Waals surface area contributed by atoms with Crippen LogP contribution in [0.15, 0.2) is 36.7 Å². The second-order valence-electron chi connectivity index (χ2n) is 7.11. The van der Waals surface area contributed by atoms with Crippen molar-refractivity contribution in [3.8, 4) is 5.75 Å². The van der Waals surface area contributed by atoms with Crippen molar-refractivity contribution >= 4 is 11.7 Å². The number of hydrogen-bond acceptors (Lipinski definition) is 5. The summed E-state index contributed by atoms with van der Waals surface area (Å²) in [6.45, 7) is 5.91. The summed E-state index contributed by atoms with van der Waals surface area (Å²) in [5.74, 6) is 1.50. The molecular weight excluding hydrogens is 340 g/mol. The fraction of sp³-hybridized carbons (Fsp3) is 0.455. The lowest BCUT2D eigenvalue weighted by atomic mass is 9.89. The molecular formula is C22H28N2O3. The molecule has 0 fully saturated rings. The van der Waals surface area contributed by atoms with Gasteiger partial charge in [-0.15, -0.1) is 0 Å². The summed E-state index contributed by atoms with van der Waals surface area (Å²) in [5.41, 5.74) is 3.77. The number of esters is 1. The van der Waals surface area contributed by atoms with Gasteiger partial charge in [0.15, 0.2) is 0 Å². The van der Waals surface area contributed by atoms with E-state index >= 15 is 0 Å². The highest BCUT2D eigenvalue weighted by molar-refractivity contribution is 5.95. The smallest absolute Gasteiger partial charge is 0.340 e. The van der Waals surface area contributed by atoms with E-state index in [9.17, 15) is 4.79 Å². The van der Waals surface area contributed by atoms with Crippen LogP contribution in [0.1, 0.15) is 66.4 Å². The van der Waals surface area contributed by atoms with Gasteiger partial charge in [-0.25, -0.2) is 4.79 Å². The van der Waals surface area contributed by atoms with Crippen LogP contribution in [0.3, 0.4) is 0 Å². The maximum absolute atomic E-state index is 11.9. The lowest BCUT2D eigenvalue weighted by molar-refractivity contribution is 0.0601. The topological polar surface area (TPSA) is 60.5 Å². The molecule has 1 aliphatic rings. The molecule has 0 aliphatic carbocycles. The number of carbonyl (C=O) groups excluding carboxylic acids is 1. The van der Waals surface area contributed by atoms with Gasteiger partial charge in [-0.2, -0.15) is 0 Å². The van der Waals surface area contributed by atoms with Gasteiger partial charge < -0.3 is 14.8 Å². The highest BCUT2D eigenvalue weighted by Crippen LogP contribution is 2.36. The van der Waals surface area contributed by atoms with Crippen LogP contribution in [-0.2, 0) is 4.74 Å². The number of hydrogen-bond donors (Lipinski definition) is 1. The Morgan fingerprint density at radius 3 is 3.04 bits per heavy atom. The zero-order valence-corrected chi connectivity index (χ0v) is 16.3. The van der Waals surface area contributed by atoms with E-state index in [-0.39, 0.29) is 5.97 Å². The SMILES string of the molecule is CCCC(C)c1ccc2c(c1)OCCC2CNc1cnccc1C(=O)OC. The number of anilines is 1. The van der Waals surface area contributed by atoms with Crippen LogP contribution >= 0.6 is 0 Å². The van der Waals surface area contributed by atoms with Crippen molar-refractivity contribution in [2.24, 2.45) is 0 Å². The zero-order chi connectivity index (χ0) is 19.2. The first kappa shape index (κ1) is 19.2. The van der Waals surface area contributed by atoms with E-state index in [4.69, 9.17) is 9.47 Å². The molecule has 1 aromatic heterocycles. The van der Waals surface area contributed by atoms with E-state index in [1.807, 2.05) is 0 Å². The maximum atomic E-state index is 11.9. The maximum Gasteiger partial charge on any atom is 0.340 e. The van der Waals surface area contributed by atoms with E-state index in [1.54, 1.807) is 18.5 Å². The third-order valence-electron chi connectivity index (χ3n) is 5.26.